The van der Waals surface area contributed by atoms with E-state index in [1.807, 2.05) is 6.07 Å². The van der Waals surface area contributed by atoms with Crippen LogP contribution in [0.3, 0.4) is 0 Å². The molecule has 1 aliphatic rings. The van der Waals surface area contributed by atoms with Gasteiger partial charge in [0.15, 0.2) is 0 Å². The monoisotopic (exact) mass is 281 g/mol. The van der Waals surface area contributed by atoms with Crippen LogP contribution >= 0.6 is 11.8 Å². The van der Waals surface area contributed by atoms with Crippen molar-refractivity contribution in [1.82, 2.24) is 5.32 Å². The van der Waals surface area contributed by atoms with Crippen LogP contribution in [0.25, 0.3) is 0 Å². The SMILES string of the molecule is O=C(NCCSCc1ccccc1F)C1CCCC1. The van der Waals surface area contributed by atoms with Gasteiger partial charge in [-0.15, -0.1) is 0 Å². The number of nitrogens with one attached hydrogen (secondary N) is 1. The Hall–Kier alpha value is -1.03. The number of benzene rings is 1. The Kier molecular flexibility index (Phi) is 5.70. The summed E-state index contributed by atoms with van der Waals surface area (Å²) in [6.45, 7) is 0.675. The topological polar surface area (TPSA) is 29.1 Å². The second kappa shape index (κ2) is 7.53. The van der Waals surface area contributed by atoms with Crippen LogP contribution < -0.4 is 5.32 Å². The molecule has 1 N–H and O–H groups in total. The average Bonchev–Trinajstić information content (AvgIpc) is 2.94. The quantitative estimate of drug-likeness (QED) is 0.810. The fourth-order valence-electron chi connectivity index (χ4n) is 2.38. The van der Waals surface area contributed by atoms with E-state index in [9.17, 15) is 9.18 Å². The molecular formula is C15H20FNOS. The third kappa shape index (κ3) is 4.53. The molecule has 19 heavy (non-hydrogen) atoms. The molecule has 0 saturated heterocycles. The summed E-state index contributed by atoms with van der Waals surface area (Å²) in [5.41, 5.74) is 0.731. The molecule has 0 radical (unpaired) electrons. The normalized spacial score (nSPS) is 15.6. The van der Waals surface area contributed by atoms with Crippen molar-refractivity contribution in [3.63, 3.8) is 0 Å². The highest BCUT2D eigenvalue weighted by Gasteiger charge is 2.21. The molecule has 1 saturated carbocycles. The van der Waals surface area contributed by atoms with Crippen molar-refractivity contribution in [1.29, 1.82) is 0 Å². The Morgan fingerprint density at radius 1 is 1.32 bits per heavy atom. The summed E-state index contributed by atoms with van der Waals surface area (Å²) in [5.74, 6) is 1.77. The van der Waals surface area contributed by atoms with Crippen LogP contribution in [0.4, 0.5) is 4.39 Å². The number of rotatable bonds is 6. The smallest absolute Gasteiger partial charge is 0.223 e. The van der Waals surface area contributed by atoms with Crippen LogP contribution in [0, 0.1) is 11.7 Å². The molecule has 0 aromatic heterocycles. The van der Waals surface area contributed by atoms with Gasteiger partial charge in [-0.25, -0.2) is 4.39 Å². The molecule has 0 spiro atoms. The van der Waals surface area contributed by atoms with Gasteiger partial charge in [0.1, 0.15) is 5.82 Å². The van der Waals surface area contributed by atoms with Crippen LogP contribution in [-0.4, -0.2) is 18.2 Å². The molecule has 0 aliphatic heterocycles. The number of carbonyl (C=O) groups excluding carboxylic acids is 1. The second-order valence-corrected chi connectivity index (χ2v) is 6.02. The molecule has 0 atom stereocenters. The van der Waals surface area contributed by atoms with Crippen molar-refractivity contribution in [2.75, 3.05) is 12.3 Å². The molecule has 1 amide bonds. The summed E-state index contributed by atoms with van der Waals surface area (Å²) in [7, 11) is 0. The Labute approximate surface area is 118 Å². The average molecular weight is 281 g/mol. The molecule has 0 heterocycles. The second-order valence-electron chi connectivity index (χ2n) is 4.92. The number of carbonyl (C=O) groups is 1. The Balaban J connectivity index is 1.59. The zero-order valence-electron chi connectivity index (χ0n) is 11.0. The Morgan fingerprint density at radius 3 is 2.79 bits per heavy atom. The van der Waals surface area contributed by atoms with Crippen LogP contribution in [0.1, 0.15) is 31.2 Å². The maximum Gasteiger partial charge on any atom is 0.223 e. The summed E-state index contributed by atoms with van der Waals surface area (Å²) in [5, 5.41) is 2.97. The van der Waals surface area contributed by atoms with E-state index in [-0.39, 0.29) is 17.6 Å². The molecule has 2 rings (SSSR count). The lowest BCUT2D eigenvalue weighted by Crippen LogP contribution is -2.31. The summed E-state index contributed by atoms with van der Waals surface area (Å²) < 4.78 is 13.3. The minimum absolute atomic E-state index is 0.148. The zero-order valence-corrected chi connectivity index (χ0v) is 11.8. The lowest BCUT2D eigenvalue weighted by molar-refractivity contribution is -0.124. The van der Waals surface area contributed by atoms with Crippen molar-refractivity contribution in [2.45, 2.75) is 31.4 Å². The predicted octanol–water partition coefficient (Wildman–Crippen LogP) is 3.37. The van der Waals surface area contributed by atoms with Crippen LogP contribution in [0.15, 0.2) is 24.3 Å². The molecular weight excluding hydrogens is 261 g/mol. The van der Waals surface area contributed by atoms with Crippen molar-refractivity contribution in [3.8, 4) is 0 Å². The van der Waals surface area contributed by atoms with Crippen molar-refractivity contribution < 1.29 is 9.18 Å². The molecule has 0 bridgehead atoms. The van der Waals surface area contributed by atoms with Gasteiger partial charge in [-0.2, -0.15) is 11.8 Å². The standard InChI is InChI=1S/C15H20FNOS/c16-14-8-4-3-7-13(14)11-19-10-9-17-15(18)12-5-1-2-6-12/h3-4,7-8,12H,1-2,5-6,9-11H2,(H,17,18). The highest BCUT2D eigenvalue weighted by molar-refractivity contribution is 7.98. The summed E-state index contributed by atoms with van der Waals surface area (Å²) >= 11 is 1.65. The zero-order chi connectivity index (χ0) is 13.5. The van der Waals surface area contributed by atoms with E-state index in [1.54, 1.807) is 23.9 Å². The van der Waals surface area contributed by atoms with Gasteiger partial charge in [0.25, 0.3) is 0 Å². The molecule has 1 fully saturated rings. The van der Waals surface area contributed by atoms with Gasteiger partial charge >= 0.3 is 0 Å². The fourth-order valence-corrected chi connectivity index (χ4v) is 3.22. The predicted molar refractivity (Wildman–Crippen MR) is 77.5 cm³/mol. The van der Waals surface area contributed by atoms with E-state index in [1.165, 1.54) is 18.9 Å². The first-order valence-corrected chi connectivity index (χ1v) is 8.01. The van der Waals surface area contributed by atoms with Gasteiger partial charge in [-0.05, 0) is 24.5 Å². The van der Waals surface area contributed by atoms with E-state index >= 15 is 0 Å². The minimum Gasteiger partial charge on any atom is -0.355 e. The van der Waals surface area contributed by atoms with Gasteiger partial charge in [0.2, 0.25) is 5.91 Å². The summed E-state index contributed by atoms with van der Waals surface area (Å²) in [6, 6.07) is 6.84. The van der Waals surface area contributed by atoms with Gasteiger partial charge in [-0.3, -0.25) is 4.79 Å². The third-order valence-electron chi connectivity index (χ3n) is 3.49. The highest BCUT2D eigenvalue weighted by Crippen LogP contribution is 2.24. The van der Waals surface area contributed by atoms with E-state index < -0.39 is 0 Å². The van der Waals surface area contributed by atoms with Crippen LogP contribution in [0.2, 0.25) is 0 Å². The first kappa shape index (κ1) is 14.4. The summed E-state index contributed by atoms with van der Waals surface area (Å²) in [6.07, 6.45) is 4.43. The van der Waals surface area contributed by atoms with Crippen molar-refractivity contribution in [3.05, 3.63) is 35.6 Å². The lowest BCUT2D eigenvalue weighted by atomic mass is 10.1. The largest absolute Gasteiger partial charge is 0.355 e. The summed E-state index contributed by atoms with van der Waals surface area (Å²) in [4.78, 5) is 11.8. The highest BCUT2D eigenvalue weighted by atomic mass is 32.2. The molecule has 0 unspecified atom stereocenters. The first-order valence-electron chi connectivity index (χ1n) is 6.86. The Bertz CT molecular complexity index is 418. The first-order chi connectivity index (χ1) is 9.27. The maximum atomic E-state index is 13.3. The number of thioether (sulfide) groups is 1. The number of hydrogen-bond donors (Lipinski definition) is 1. The van der Waals surface area contributed by atoms with E-state index in [0.717, 1.165) is 24.2 Å². The van der Waals surface area contributed by atoms with Gasteiger partial charge in [0.05, 0.1) is 0 Å². The fraction of sp³-hybridized carbons (Fsp3) is 0.533. The van der Waals surface area contributed by atoms with E-state index in [2.05, 4.69) is 5.32 Å². The molecule has 1 aromatic carbocycles. The van der Waals surface area contributed by atoms with E-state index in [0.29, 0.717) is 12.3 Å². The Morgan fingerprint density at radius 2 is 2.05 bits per heavy atom. The number of hydrogen-bond acceptors (Lipinski definition) is 2. The van der Waals surface area contributed by atoms with Gasteiger partial charge in [0, 0.05) is 24.0 Å². The van der Waals surface area contributed by atoms with E-state index in [4.69, 9.17) is 0 Å². The molecule has 104 valence electrons. The molecule has 1 aromatic rings. The third-order valence-corrected chi connectivity index (χ3v) is 4.49. The van der Waals surface area contributed by atoms with Gasteiger partial charge in [-0.1, -0.05) is 31.0 Å². The van der Waals surface area contributed by atoms with Crippen molar-refractivity contribution >= 4 is 17.7 Å². The molecule has 4 heteroatoms. The van der Waals surface area contributed by atoms with Gasteiger partial charge < -0.3 is 5.32 Å². The minimum atomic E-state index is -0.148. The molecule has 1 aliphatic carbocycles. The molecule has 2 nitrogen and oxygen atoms in total. The van der Waals surface area contributed by atoms with Crippen LogP contribution in [-0.2, 0) is 10.5 Å². The number of amides is 1. The van der Waals surface area contributed by atoms with Crippen molar-refractivity contribution in [2.24, 2.45) is 5.92 Å². The lowest BCUT2D eigenvalue weighted by Gasteiger charge is -2.10. The maximum absolute atomic E-state index is 13.3. The van der Waals surface area contributed by atoms with Crippen LogP contribution in [0.5, 0.6) is 0 Å². The number of halogens is 1.